The lowest BCUT2D eigenvalue weighted by atomic mass is 10.0. The van der Waals surface area contributed by atoms with Crippen molar-refractivity contribution in [1.29, 1.82) is 0 Å². The average molecular weight is 633 g/mol. The Bertz CT molecular complexity index is 1730. The first kappa shape index (κ1) is 32.1. The van der Waals surface area contributed by atoms with Gasteiger partial charge in [-0.2, -0.15) is 13.2 Å². The first-order valence-corrected chi connectivity index (χ1v) is 14.3. The Hall–Kier alpha value is -4.30. The van der Waals surface area contributed by atoms with Crippen molar-refractivity contribution in [2.75, 3.05) is 31.3 Å². The normalized spacial score (nSPS) is 17.5. The predicted octanol–water partition coefficient (Wildman–Crippen LogP) is 2.75. The number of nitrogens with one attached hydrogen (secondary N) is 1. The third-order valence-electron chi connectivity index (χ3n) is 8.19. The molecule has 2 atom stereocenters. The van der Waals surface area contributed by atoms with Gasteiger partial charge in [0.25, 0.3) is 11.5 Å². The fraction of sp³-hybridized carbons (Fsp3) is 0.419. The number of Topliss-reactive ketones (excluding diaryl/α,β-unsaturated/α-hetero) is 1. The molecular weight excluding hydrogens is 600 g/mol. The summed E-state index contributed by atoms with van der Waals surface area (Å²) in [5, 5.41) is 2.54. The number of aromatic nitrogens is 2. The lowest BCUT2D eigenvalue weighted by Gasteiger charge is -2.38. The van der Waals surface area contributed by atoms with Gasteiger partial charge in [-0.05, 0) is 55.7 Å². The molecule has 0 radical (unpaired) electrons. The van der Waals surface area contributed by atoms with Crippen LogP contribution in [0.4, 0.5) is 23.2 Å². The minimum atomic E-state index is -4.60. The second-order valence-corrected chi connectivity index (χ2v) is 11.2. The van der Waals surface area contributed by atoms with Crippen molar-refractivity contribution < 1.29 is 36.6 Å². The third-order valence-corrected chi connectivity index (χ3v) is 8.19. The van der Waals surface area contributed by atoms with Crippen molar-refractivity contribution in [3.63, 3.8) is 0 Å². The standard InChI is InChI=1S/C31H32F4N4O6/c1-17-12-21(38-9-11-45-16-26(38)31(33,34)35)14-23(32)27(17)28(41)36-24(18(2)40)13-19-4-6-20(7-5-19)39-29(42)22-15-44-10-8-25(22)37(3)30(39)43/h4-7,12,14,24,26H,8-11,13,15-16H2,1-3H3,(H,36,41)/t24-,26+/m0/s1. The van der Waals surface area contributed by atoms with Gasteiger partial charge in [-0.3, -0.25) is 19.0 Å². The van der Waals surface area contributed by atoms with E-state index in [0.29, 0.717) is 35.5 Å². The summed E-state index contributed by atoms with van der Waals surface area (Å²) in [4.78, 5) is 52.8. The van der Waals surface area contributed by atoms with Gasteiger partial charge in [-0.15, -0.1) is 0 Å². The van der Waals surface area contributed by atoms with Gasteiger partial charge in [-0.1, -0.05) is 12.1 Å². The highest BCUT2D eigenvalue weighted by atomic mass is 19.4. The molecule has 0 bridgehead atoms. The van der Waals surface area contributed by atoms with Crippen molar-refractivity contribution in [2.24, 2.45) is 7.05 Å². The van der Waals surface area contributed by atoms with Crippen LogP contribution in [0.25, 0.3) is 5.69 Å². The molecule has 3 aromatic rings. The van der Waals surface area contributed by atoms with Crippen molar-refractivity contribution in [1.82, 2.24) is 14.5 Å². The van der Waals surface area contributed by atoms with E-state index in [1.54, 1.807) is 31.3 Å². The molecule has 5 rings (SSSR count). The van der Waals surface area contributed by atoms with Gasteiger partial charge in [0.2, 0.25) is 0 Å². The summed E-state index contributed by atoms with van der Waals surface area (Å²) >= 11 is 0. The lowest BCUT2D eigenvalue weighted by molar-refractivity contribution is -0.167. The SMILES string of the molecule is CC(=O)[C@H](Cc1ccc(-n2c(=O)c3c(n(C)c2=O)CCOC3)cc1)NC(=O)c1c(C)cc(N2CCOC[C@@H]2C(F)(F)F)cc1F. The highest BCUT2D eigenvalue weighted by Crippen LogP contribution is 2.33. The Morgan fingerprint density at radius 1 is 1.07 bits per heavy atom. The van der Waals surface area contributed by atoms with E-state index in [2.05, 4.69) is 5.32 Å². The minimum absolute atomic E-state index is 0.0199. The molecule has 1 aromatic heterocycles. The van der Waals surface area contributed by atoms with Crippen molar-refractivity contribution in [3.05, 3.63) is 91.0 Å². The number of benzene rings is 2. The molecule has 10 nitrogen and oxygen atoms in total. The van der Waals surface area contributed by atoms with Crippen LogP contribution in [-0.2, 0) is 40.8 Å². The molecule has 2 aliphatic rings. The molecule has 45 heavy (non-hydrogen) atoms. The number of ether oxygens (including phenoxy) is 2. The number of morpholine rings is 1. The first-order valence-electron chi connectivity index (χ1n) is 14.3. The monoisotopic (exact) mass is 632 g/mol. The summed E-state index contributed by atoms with van der Waals surface area (Å²) in [6.45, 7) is 2.52. The topological polar surface area (TPSA) is 112 Å². The Morgan fingerprint density at radius 3 is 2.42 bits per heavy atom. The molecule has 1 fully saturated rings. The number of hydrogen-bond acceptors (Lipinski definition) is 7. The molecule has 1 saturated heterocycles. The maximum Gasteiger partial charge on any atom is 0.411 e. The molecule has 2 aliphatic heterocycles. The van der Waals surface area contributed by atoms with Gasteiger partial charge in [0.15, 0.2) is 5.78 Å². The molecule has 3 heterocycles. The molecule has 1 N–H and O–H groups in total. The smallest absolute Gasteiger partial charge is 0.377 e. The Balaban J connectivity index is 1.35. The maximum absolute atomic E-state index is 15.3. The fourth-order valence-corrected chi connectivity index (χ4v) is 5.75. The second-order valence-electron chi connectivity index (χ2n) is 11.2. The second kappa shape index (κ2) is 12.6. The van der Waals surface area contributed by atoms with Crippen LogP contribution in [0, 0.1) is 12.7 Å². The number of halogens is 4. The van der Waals surface area contributed by atoms with E-state index in [1.165, 1.54) is 24.5 Å². The molecule has 0 aliphatic carbocycles. The molecule has 14 heteroatoms. The molecule has 240 valence electrons. The van der Waals surface area contributed by atoms with Crippen LogP contribution >= 0.6 is 0 Å². The minimum Gasteiger partial charge on any atom is -0.377 e. The lowest BCUT2D eigenvalue weighted by Crippen LogP contribution is -2.53. The van der Waals surface area contributed by atoms with E-state index < -0.39 is 53.6 Å². The van der Waals surface area contributed by atoms with Crippen LogP contribution in [0.3, 0.4) is 0 Å². The molecule has 0 spiro atoms. The highest BCUT2D eigenvalue weighted by Gasteiger charge is 2.45. The predicted molar refractivity (Wildman–Crippen MR) is 155 cm³/mol. The maximum atomic E-state index is 15.3. The molecule has 1 amide bonds. The number of fused-ring (bicyclic) bond motifs is 1. The Labute approximate surface area is 255 Å². The summed E-state index contributed by atoms with van der Waals surface area (Å²) in [5.41, 5.74) is 0.650. The van der Waals surface area contributed by atoms with Crippen LogP contribution in [0.15, 0.2) is 46.0 Å². The number of rotatable bonds is 7. The largest absolute Gasteiger partial charge is 0.411 e. The van der Waals surface area contributed by atoms with E-state index in [0.717, 1.165) is 15.5 Å². The van der Waals surface area contributed by atoms with Gasteiger partial charge in [0.05, 0.1) is 49.3 Å². The summed E-state index contributed by atoms with van der Waals surface area (Å²) < 4.78 is 68.8. The first-order chi connectivity index (χ1) is 21.3. The van der Waals surface area contributed by atoms with Gasteiger partial charge in [0, 0.05) is 31.4 Å². The number of aryl methyl sites for hydroxylation is 1. The number of carbonyl (C=O) groups excluding carboxylic acids is 2. The zero-order valence-corrected chi connectivity index (χ0v) is 24.9. The van der Waals surface area contributed by atoms with Crippen molar-refractivity contribution in [3.8, 4) is 5.69 Å². The highest BCUT2D eigenvalue weighted by molar-refractivity contribution is 5.99. The van der Waals surface area contributed by atoms with Gasteiger partial charge in [0.1, 0.15) is 11.9 Å². The molecule has 0 saturated carbocycles. The van der Waals surface area contributed by atoms with Crippen LogP contribution in [0.1, 0.15) is 39.7 Å². The molecule has 0 unspecified atom stereocenters. The van der Waals surface area contributed by atoms with Gasteiger partial charge >= 0.3 is 11.9 Å². The van der Waals surface area contributed by atoms with Crippen LogP contribution < -0.4 is 21.5 Å². The van der Waals surface area contributed by atoms with Crippen molar-refractivity contribution in [2.45, 2.75) is 51.6 Å². The number of amides is 1. The zero-order chi connectivity index (χ0) is 32.6. The summed E-state index contributed by atoms with van der Waals surface area (Å²) in [6.07, 6.45) is -4.13. The van der Waals surface area contributed by atoms with Gasteiger partial charge in [-0.25, -0.2) is 13.8 Å². The average Bonchev–Trinajstić information content (AvgIpc) is 2.99. The van der Waals surface area contributed by atoms with Crippen LogP contribution in [-0.4, -0.2) is 65.5 Å². The molecule has 2 aromatic carbocycles. The van der Waals surface area contributed by atoms with Crippen LogP contribution in [0.5, 0.6) is 0 Å². The van der Waals surface area contributed by atoms with E-state index >= 15 is 4.39 Å². The number of alkyl halides is 3. The zero-order valence-electron chi connectivity index (χ0n) is 24.9. The quantitative estimate of drug-likeness (QED) is 0.399. The summed E-state index contributed by atoms with van der Waals surface area (Å²) in [6, 6.07) is 5.49. The van der Waals surface area contributed by atoms with Crippen LogP contribution in [0.2, 0.25) is 0 Å². The third kappa shape index (κ3) is 6.43. The Morgan fingerprint density at radius 2 is 1.78 bits per heavy atom. The van der Waals surface area contributed by atoms with E-state index in [-0.39, 0.29) is 43.0 Å². The number of carbonyl (C=O) groups is 2. The van der Waals surface area contributed by atoms with Crippen molar-refractivity contribution >= 4 is 17.4 Å². The number of anilines is 1. The van der Waals surface area contributed by atoms with E-state index in [9.17, 15) is 32.3 Å². The number of hydrogen-bond donors (Lipinski definition) is 1. The summed E-state index contributed by atoms with van der Waals surface area (Å²) in [5.74, 6) is -2.33. The number of ketones is 1. The van der Waals surface area contributed by atoms with Gasteiger partial charge < -0.3 is 19.7 Å². The number of nitrogens with zero attached hydrogens (tertiary/aromatic N) is 3. The fourth-order valence-electron chi connectivity index (χ4n) is 5.75. The Kier molecular flexibility index (Phi) is 8.99. The van der Waals surface area contributed by atoms with E-state index in [1.807, 2.05) is 0 Å². The molecular formula is C31H32F4N4O6. The van der Waals surface area contributed by atoms with E-state index in [4.69, 9.17) is 9.47 Å². The summed E-state index contributed by atoms with van der Waals surface area (Å²) in [7, 11) is 1.59.